The van der Waals surface area contributed by atoms with Gasteiger partial charge in [0.25, 0.3) is 0 Å². The van der Waals surface area contributed by atoms with E-state index in [1.54, 1.807) is 53.1 Å². The quantitative estimate of drug-likeness (QED) is 0.131. The zero-order valence-corrected chi connectivity index (χ0v) is 73.6. The minimum Gasteiger partial charge on any atom is -0.309 e. The molecule has 2 spiro atoms. The average molecular weight is 1720 g/mol. The summed E-state index contributed by atoms with van der Waals surface area (Å²) in [7, 11) is 0. The molecule has 0 radical (unpaired) electrons. The Morgan fingerprint density at radius 1 is 0.239 bits per heavy atom. The highest BCUT2D eigenvalue weighted by Gasteiger charge is 2.63. The van der Waals surface area contributed by atoms with Crippen LogP contribution in [0.25, 0.3) is 201 Å². The summed E-state index contributed by atoms with van der Waals surface area (Å²) in [4.78, 5) is 39.1. The topological polar surface area (TPSA) is 147 Å². The van der Waals surface area contributed by atoms with Gasteiger partial charge in [-0.05, 0) is 312 Å². The summed E-state index contributed by atoms with van der Waals surface area (Å²) < 4.78 is 9.38. The predicted molar refractivity (Wildman–Crippen MR) is 536 cm³/mol. The molecule has 13 heteroatoms. The molecule has 10 aliphatic carbocycles. The van der Waals surface area contributed by atoms with Crippen LogP contribution in [0, 0.1) is 58.7 Å². The Kier molecular flexibility index (Phi) is 16.4. The molecule has 32 rings (SSSR count). The first-order valence-corrected chi connectivity index (χ1v) is 47.8. The molecule has 0 amide bonds. The molecule has 8 bridgehead atoms. The van der Waals surface area contributed by atoms with Gasteiger partial charge in [-0.3, -0.25) is 19.1 Å². The molecule has 0 saturated heterocycles. The van der Waals surface area contributed by atoms with E-state index in [9.17, 15) is 5.26 Å². The molecular weight excluding hydrogens is 1640 g/mol. The van der Waals surface area contributed by atoms with Gasteiger partial charge in [0.15, 0.2) is 23.3 Å². The fourth-order valence-corrected chi connectivity index (χ4v) is 27.9. The highest BCUT2D eigenvalue weighted by Crippen LogP contribution is 2.72. The lowest BCUT2D eigenvalue weighted by Crippen LogP contribution is -2.55. The molecule has 0 aliphatic heterocycles. The molecule has 22 aromatic rings. The minimum absolute atomic E-state index is 0.114. The zero-order valence-electron chi connectivity index (χ0n) is 73.6. The van der Waals surface area contributed by atoms with Crippen molar-refractivity contribution in [2.45, 2.75) is 75.0 Å². The maximum Gasteiger partial charge on any atom is 0.238 e. The van der Waals surface area contributed by atoms with Crippen LogP contribution < -0.4 is 0 Å². The molecule has 8 saturated carbocycles. The molecule has 0 N–H and O–H groups in total. The van der Waals surface area contributed by atoms with E-state index >= 15 is 0 Å². The minimum atomic E-state index is 0.114. The smallest absolute Gasteiger partial charge is 0.238 e. The molecule has 636 valence electrons. The van der Waals surface area contributed by atoms with Gasteiger partial charge >= 0.3 is 0 Å². The van der Waals surface area contributed by atoms with Crippen LogP contribution in [-0.4, -0.2) is 58.1 Å². The number of para-hydroxylation sites is 4. The lowest BCUT2D eigenvalue weighted by Gasteiger charge is -2.61. The molecule has 8 aromatic heterocycles. The van der Waals surface area contributed by atoms with Crippen molar-refractivity contribution in [2.75, 3.05) is 0 Å². The Balaban J connectivity index is 0.000000131. The summed E-state index contributed by atoms with van der Waals surface area (Å²) >= 11 is 0. The van der Waals surface area contributed by atoms with E-state index < -0.39 is 0 Å². The van der Waals surface area contributed by atoms with Crippen molar-refractivity contribution in [3.05, 3.63) is 386 Å². The van der Waals surface area contributed by atoms with E-state index in [-0.39, 0.29) is 10.8 Å². The Morgan fingerprint density at radius 3 is 0.963 bits per heavy atom. The van der Waals surface area contributed by atoms with Crippen LogP contribution in [-0.2, 0) is 10.8 Å². The standard InChI is InChI=1S/C62H44N6.C59H43N7/c63-36-37-11-10-14-43(28-37)60-64-59(40-12-2-1-3-13-40)65-61(66-60)68-56-20-9-6-17-50(56)52-34-42(22-26-58(52)68)41-21-25-57-51(33-41)49-16-5-8-19-55(49)67(57)46-23-24-48-47-15-4-7-18-53(47)62(54(48)35-46)44-29-38-27-39(31-44)32-45(62)30-38;1-4-14-50-44(11-1)45-20-19-43(32-51(45)59(50)41-26-35-25-36(28-41)29-42(59)27-35)65-52-15-5-2-12-46(52)48-30-37(17-21-54(48)65)38-18-22-55-49(31-38)47-13-3-6-16-53(47)66(55)58-63-56(39-9-7-23-60-33-39)62-57(64-58)40-10-8-24-61-34-40/h1-26,28,33-35,38-39,44-45H,27,29-32H2;1-24,30-36,41-42H,25-29H2. The normalized spacial score (nSPS) is 21.2. The van der Waals surface area contributed by atoms with E-state index in [0.717, 1.165) is 124 Å². The largest absolute Gasteiger partial charge is 0.309 e. The number of fused-ring (bicyclic) bond motifs is 18. The summed E-state index contributed by atoms with van der Waals surface area (Å²) in [5, 5.41) is 19.3. The van der Waals surface area contributed by atoms with Gasteiger partial charge in [-0.25, -0.2) is 9.97 Å². The van der Waals surface area contributed by atoms with E-state index in [0.29, 0.717) is 40.8 Å². The van der Waals surface area contributed by atoms with E-state index in [4.69, 9.17) is 29.9 Å². The molecular formula is C121H87N13. The first-order chi connectivity index (χ1) is 66.3. The fourth-order valence-electron chi connectivity index (χ4n) is 27.9. The van der Waals surface area contributed by atoms with Crippen LogP contribution in [0.3, 0.4) is 0 Å². The van der Waals surface area contributed by atoms with Gasteiger partial charge < -0.3 is 9.13 Å². The van der Waals surface area contributed by atoms with Gasteiger partial charge in [0, 0.05) is 112 Å². The Labute approximate surface area is 773 Å². The highest BCUT2D eigenvalue weighted by atomic mass is 15.2. The monoisotopic (exact) mass is 1720 g/mol. The Hall–Kier alpha value is -15.9. The van der Waals surface area contributed by atoms with Gasteiger partial charge in [-0.1, -0.05) is 200 Å². The second-order valence-corrected chi connectivity index (χ2v) is 39.3. The summed E-state index contributed by atoms with van der Waals surface area (Å²) in [5.41, 5.74) is 32.5. The maximum atomic E-state index is 9.75. The van der Waals surface area contributed by atoms with Crippen molar-refractivity contribution < 1.29 is 0 Å². The van der Waals surface area contributed by atoms with Crippen LogP contribution in [0.4, 0.5) is 0 Å². The molecule has 10 aliphatic rings. The third kappa shape index (κ3) is 11.1. The summed E-state index contributed by atoms with van der Waals surface area (Å²) in [6, 6.07) is 124. The molecule has 0 atom stereocenters. The summed E-state index contributed by atoms with van der Waals surface area (Å²) in [5.74, 6) is 9.79. The number of rotatable bonds is 10. The van der Waals surface area contributed by atoms with E-state index in [1.165, 1.54) is 153 Å². The highest BCUT2D eigenvalue weighted by molar-refractivity contribution is 6.15. The van der Waals surface area contributed by atoms with Crippen molar-refractivity contribution in [1.29, 1.82) is 5.26 Å². The predicted octanol–water partition coefficient (Wildman–Crippen LogP) is 28.2. The zero-order chi connectivity index (χ0) is 87.8. The second-order valence-electron chi connectivity index (χ2n) is 39.3. The summed E-state index contributed by atoms with van der Waals surface area (Å²) in [6.45, 7) is 0. The summed E-state index contributed by atoms with van der Waals surface area (Å²) in [6.07, 6.45) is 21.1. The number of aromatic nitrogens is 12. The van der Waals surface area contributed by atoms with Crippen LogP contribution >= 0.6 is 0 Å². The number of pyridine rings is 2. The molecule has 8 fully saturated rings. The van der Waals surface area contributed by atoms with Crippen LogP contribution in [0.15, 0.2) is 358 Å². The van der Waals surface area contributed by atoms with Crippen molar-refractivity contribution in [3.8, 4) is 119 Å². The molecule has 134 heavy (non-hydrogen) atoms. The Bertz CT molecular complexity index is 8650. The number of nitrogens with zero attached hydrogens (tertiary/aromatic N) is 13. The lowest BCUT2D eigenvalue weighted by molar-refractivity contribution is -0.0399. The average Bonchev–Trinajstić information content (AvgIpc) is 1.50. The van der Waals surface area contributed by atoms with Gasteiger partial charge in [0.05, 0.1) is 55.8 Å². The molecule has 0 unspecified atom stereocenters. The van der Waals surface area contributed by atoms with Crippen molar-refractivity contribution in [2.24, 2.45) is 47.3 Å². The van der Waals surface area contributed by atoms with E-state index in [2.05, 4.69) is 289 Å². The number of nitriles is 1. The van der Waals surface area contributed by atoms with Gasteiger partial charge in [-0.2, -0.15) is 25.2 Å². The Morgan fingerprint density at radius 2 is 0.567 bits per heavy atom. The molecule has 14 aromatic carbocycles. The number of benzene rings is 14. The molecule has 13 nitrogen and oxygen atoms in total. The molecule has 8 heterocycles. The van der Waals surface area contributed by atoms with Crippen molar-refractivity contribution in [1.82, 2.24) is 58.1 Å². The first kappa shape index (κ1) is 75.9. The van der Waals surface area contributed by atoms with E-state index in [1.807, 2.05) is 72.8 Å². The van der Waals surface area contributed by atoms with Gasteiger partial charge in [0.2, 0.25) is 11.9 Å². The van der Waals surface area contributed by atoms with Gasteiger partial charge in [-0.15, -0.1) is 0 Å². The fraction of sp³-hybridized carbons (Fsp3) is 0.165. The van der Waals surface area contributed by atoms with Crippen molar-refractivity contribution >= 4 is 87.2 Å². The maximum absolute atomic E-state index is 9.75. The third-order valence-corrected chi connectivity index (χ3v) is 32.7. The number of hydrogen-bond donors (Lipinski definition) is 0. The van der Waals surface area contributed by atoms with Crippen LogP contribution in [0.1, 0.15) is 92.0 Å². The van der Waals surface area contributed by atoms with Crippen molar-refractivity contribution in [3.63, 3.8) is 0 Å². The van der Waals surface area contributed by atoms with Gasteiger partial charge in [0.1, 0.15) is 0 Å². The SMILES string of the molecule is N#Cc1cccc(-c2nc(-c3ccccc3)nc(-n3c4ccccc4c4cc(-c5ccc6c(c5)c5ccccc5n6-c5ccc6c(c5)C5(c7ccccc7-6)C6CC7CC(C6)CC5C7)ccc43)n2)c1.c1cncc(-c2nc(-c3cccnc3)nc(-n3c4ccccc4c4cc(-c5ccc6c(c5)c5ccccc5n6-c5ccc6c(c5)C5(c7ccccc7-6)C6CC7CC(C6)CC5C7)ccc43)n2)c1. The van der Waals surface area contributed by atoms with Crippen LogP contribution in [0.2, 0.25) is 0 Å². The second kappa shape index (κ2) is 29.0. The van der Waals surface area contributed by atoms with Crippen LogP contribution in [0.5, 0.6) is 0 Å². The third-order valence-electron chi connectivity index (χ3n) is 32.7. The first-order valence-electron chi connectivity index (χ1n) is 47.8. The number of hydrogen-bond acceptors (Lipinski definition) is 9. The lowest BCUT2D eigenvalue weighted by atomic mass is 9.43.